The van der Waals surface area contributed by atoms with E-state index in [0.29, 0.717) is 44.6 Å². The third-order valence-electron chi connectivity index (χ3n) is 4.74. The number of carbonyl (C=O) groups excluding carboxylic acids is 2. The fourth-order valence-corrected chi connectivity index (χ4v) is 3.25. The first-order chi connectivity index (χ1) is 12.7. The van der Waals surface area contributed by atoms with Crippen LogP contribution in [-0.4, -0.2) is 59.9 Å². The average Bonchev–Trinajstić information content (AvgIpc) is 3.10. The molecule has 0 bridgehead atoms. The van der Waals surface area contributed by atoms with Gasteiger partial charge in [0.2, 0.25) is 5.91 Å². The topological polar surface area (TPSA) is 65.6 Å². The molecule has 0 aliphatic carbocycles. The number of nitrogens with zero attached hydrogens (tertiary/aromatic N) is 2. The van der Waals surface area contributed by atoms with Gasteiger partial charge in [-0.05, 0) is 36.6 Å². The maximum atomic E-state index is 12.6. The number of amides is 2. The van der Waals surface area contributed by atoms with E-state index < -0.39 is 0 Å². The Morgan fingerprint density at radius 3 is 2.69 bits per heavy atom. The van der Waals surface area contributed by atoms with Gasteiger partial charge in [0.1, 0.15) is 5.75 Å². The van der Waals surface area contributed by atoms with Crippen molar-refractivity contribution in [1.29, 1.82) is 0 Å². The number of methoxy groups -OCH3 is 1. The molecular weight excluding hydrogens is 330 g/mol. The number of hydrogen-bond acceptors (Lipinski definition) is 3. The van der Waals surface area contributed by atoms with Crippen LogP contribution in [0.4, 0.5) is 0 Å². The summed E-state index contributed by atoms with van der Waals surface area (Å²) in [4.78, 5) is 31.6. The number of carbonyl (C=O) groups is 2. The summed E-state index contributed by atoms with van der Waals surface area (Å²) in [5.74, 6) is 0.976. The second-order valence-electron chi connectivity index (χ2n) is 6.48. The van der Waals surface area contributed by atoms with Crippen molar-refractivity contribution in [1.82, 2.24) is 14.8 Å². The number of nitrogens with one attached hydrogen (secondary N) is 1. The SMILES string of the molecule is COc1cccc(CCC(=O)N2CCCN(C(=O)c3cc[nH]c3)CC2)c1. The molecule has 2 amide bonds. The van der Waals surface area contributed by atoms with E-state index in [0.717, 1.165) is 17.7 Å². The lowest BCUT2D eigenvalue weighted by Crippen LogP contribution is -2.37. The largest absolute Gasteiger partial charge is 0.497 e. The Morgan fingerprint density at radius 2 is 1.92 bits per heavy atom. The molecule has 26 heavy (non-hydrogen) atoms. The highest BCUT2D eigenvalue weighted by Crippen LogP contribution is 2.15. The number of aromatic nitrogens is 1. The molecular formula is C20H25N3O3. The predicted octanol–water partition coefficient (Wildman–Crippen LogP) is 2.33. The second-order valence-corrected chi connectivity index (χ2v) is 6.48. The van der Waals surface area contributed by atoms with E-state index in [4.69, 9.17) is 4.74 Å². The van der Waals surface area contributed by atoms with Crippen LogP contribution in [0.25, 0.3) is 0 Å². The van der Waals surface area contributed by atoms with E-state index in [1.165, 1.54) is 0 Å². The van der Waals surface area contributed by atoms with E-state index in [-0.39, 0.29) is 11.8 Å². The summed E-state index contributed by atoms with van der Waals surface area (Å²) in [6, 6.07) is 9.60. The smallest absolute Gasteiger partial charge is 0.255 e. The van der Waals surface area contributed by atoms with Gasteiger partial charge in [-0.3, -0.25) is 9.59 Å². The van der Waals surface area contributed by atoms with Crippen LogP contribution in [0.15, 0.2) is 42.7 Å². The average molecular weight is 355 g/mol. The summed E-state index contributed by atoms with van der Waals surface area (Å²) in [6.07, 6.45) is 5.43. The number of H-pyrrole nitrogens is 1. The molecule has 1 N–H and O–H groups in total. The molecule has 1 aliphatic heterocycles. The molecule has 3 rings (SSSR count). The van der Waals surface area contributed by atoms with Crippen molar-refractivity contribution in [3.63, 3.8) is 0 Å². The molecule has 1 aliphatic rings. The highest BCUT2D eigenvalue weighted by molar-refractivity contribution is 5.94. The molecule has 2 aromatic rings. The first kappa shape index (κ1) is 18.0. The van der Waals surface area contributed by atoms with Crippen LogP contribution in [-0.2, 0) is 11.2 Å². The van der Waals surface area contributed by atoms with Crippen LogP contribution >= 0.6 is 0 Å². The Hall–Kier alpha value is -2.76. The number of aromatic amines is 1. The molecule has 1 saturated heterocycles. The van der Waals surface area contributed by atoms with Crippen molar-refractivity contribution in [2.24, 2.45) is 0 Å². The number of ether oxygens (including phenoxy) is 1. The molecule has 0 spiro atoms. The minimum atomic E-state index is 0.0249. The normalized spacial score (nSPS) is 14.8. The summed E-state index contributed by atoms with van der Waals surface area (Å²) >= 11 is 0. The molecule has 6 heteroatoms. The highest BCUT2D eigenvalue weighted by Gasteiger charge is 2.22. The Morgan fingerprint density at radius 1 is 1.12 bits per heavy atom. The Kier molecular flexibility index (Phi) is 5.94. The number of hydrogen-bond donors (Lipinski definition) is 1. The highest BCUT2D eigenvalue weighted by atomic mass is 16.5. The molecule has 1 aromatic carbocycles. The van der Waals surface area contributed by atoms with Crippen LogP contribution in [0.5, 0.6) is 5.75 Å². The van der Waals surface area contributed by atoms with Crippen molar-refractivity contribution in [2.45, 2.75) is 19.3 Å². The zero-order valence-electron chi connectivity index (χ0n) is 15.1. The lowest BCUT2D eigenvalue weighted by Gasteiger charge is -2.22. The molecule has 138 valence electrons. The van der Waals surface area contributed by atoms with Crippen molar-refractivity contribution in [3.05, 3.63) is 53.9 Å². The molecule has 0 atom stereocenters. The minimum Gasteiger partial charge on any atom is -0.497 e. The lowest BCUT2D eigenvalue weighted by atomic mass is 10.1. The maximum Gasteiger partial charge on any atom is 0.255 e. The van der Waals surface area contributed by atoms with Gasteiger partial charge in [0, 0.05) is 45.0 Å². The molecule has 2 heterocycles. The van der Waals surface area contributed by atoms with Crippen LogP contribution in [0.3, 0.4) is 0 Å². The van der Waals surface area contributed by atoms with Crippen molar-refractivity contribution in [3.8, 4) is 5.75 Å². The standard InChI is InChI=1S/C20H25N3O3/c1-26-18-5-2-4-16(14-18)6-7-19(24)22-10-3-11-23(13-12-22)20(25)17-8-9-21-15-17/h2,4-5,8-9,14-15,21H,3,6-7,10-13H2,1H3. The van der Waals surface area contributed by atoms with Gasteiger partial charge in [0.05, 0.1) is 12.7 Å². The molecule has 0 saturated carbocycles. The van der Waals surface area contributed by atoms with Crippen LogP contribution in [0, 0.1) is 0 Å². The fraction of sp³-hybridized carbons (Fsp3) is 0.400. The summed E-state index contributed by atoms with van der Waals surface area (Å²) in [6.45, 7) is 2.56. The van der Waals surface area contributed by atoms with Gasteiger partial charge >= 0.3 is 0 Å². The minimum absolute atomic E-state index is 0.0249. The van der Waals surface area contributed by atoms with Crippen molar-refractivity contribution < 1.29 is 14.3 Å². The van der Waals surface area contributed by atoms with E-state index in [9.17, 15) is 9.59 Å². The number of rotatable bonds is 5. The number of aryl methyl sites for hydroxylation is 1. The Balaban J connectivity index is 1.51. The number of benzene rings is 1. The summed E-state index contributed by atoms with van der Waals surface area (Å²) in [5.41, 5.74) is 1.76. The zero-order chi connectivity index (χ0) is 18.4. The van der Waals surface area contributed by atoms with Crippen LogP contribution in [0.2, 0.25) is 0 Å². The predicted molar refractivity (Wildman–Crippen MR) is 99.2 cm³/mol. The summed E-state index contributed by atoms with van der Waals surface area (Å²) in [7, 11) is 1.64. The summed E-state index contributed by atoms with van der Waals surface area (Å²) in [5, 5.41) is 0. The molecule has 6 nitrogen and oxygen atoms in total. The maximum absolute atomic E-state index is 12.6. The van der Waals surface area contributed by atoms with Gasteiger partial charge in [0.15, 0.2) is 0 Å². The van der Waals surface area contributed by atoms with E-state index >= 15 is 0 Å². The third kappa shape index (κ3) is 4.45. The monoisotopic (exact) mass is 355 g/mol. The van der Waals surface area contributed by atoms with E-state index in [1.54, 1.807) is 25.6 Å². The molecule has 1 aromatic heterocycles. The van der Waals surface area contributed by atoms with Crippen molar-refractivity contribution >= 4 is 11.8 Å². The molecule has 1 fully saturated rings. The Labute approximate surface area is 153 Å². The van der Waals surface area contributed by atoms with E-state index in [1.807, 2.05) is 34.1 Å². The quantitative estimate of drug-likeness (QED) is 0.895. The van der Waals surface area contributed by atoms with Gasteiger partial charge in [-0.25, -0.2) is 0 Å². The van der Waals surface area contributed by atoms with Crippen LogP contribution in [0.1, 0.15) is 28.8 Å². The van der Waals surface area contributed by atoms with Gasteiger partial charge in [-0.15, -0.1) is 0 Å². The second kappa shape index (κ2) is 8.56. The first-order valence-corrected chi connectivity index (χ1v) is 9.00. The van der Waals surface area contributed by atoms with Crippen LogP contribution < -0.4 is 4.74 Å². The summed E-state index contributed by atoms with van der Waals surface area (Å²) < 4.78 is 5.22. The van der Waals surface area contributed by atoms with E-state index in [2.05, 4.69) is 4.98 Å². The van der Waals surface area contributed by atoms with Gasteiger partial charge < -0.3 is 19.5 Å². The van der Waals surface area contributed by atoms with Gasteiger partial charge in [-0.1, -0.05) is 12.1 Å². The van der Waals surface area contributed by atoms with Crippen molar-refractivity contribution in [2.75, 3.05) is 33.3 Å². The zero-order valence-corrected chi connectivity index (χ0v) is 15.1. The lowest BCUT2D eigenvalue weighted by molar-refractivity contribution is -0.131. The molecule has 0 unspecified atom stereocenters. The third-order valence-corrected chi connectivity index (χ3v) is 4.74. The van der Waals surface area contributed by atoms with Gasteiger partial charge in [0.25, 0.3) is 5.91 Å². The Bertz CT molecular complexity index is 743. The van der Waals surface area contributed by atoms with Gasteiger partial charge in [-0.2, -0.15) is 0 Å². The fourth-order valence-electron chi connectivity index (χ4n) is 3.25. The molecule has 0 radical (unpaired) electrons. The first-order valence-electron chi connectivity index (χ1n) is 9.00.